The smallest absolute Gasteiger partial charge is 0.281 e. The van der Waals surface area contributed by atoms with E-state index in [4.69, 9.17) is 0 Å². The number of hydrogen-bond donors (Lipinski definition) is 1. The molecule has 0 radical (unpaired) electrons. The van der Waals surface area contributed by atoms with Crippen molar-refractivity contribution in [3.63, 3.8) is 0 Å². The zero-order chi connectivity index (χ0) is 14.8. The summed E-state index contributed by atoms with van der Waals surface area (Å²) in [6.45, 7) is 7.07. The highest BCUT2D eigenvalue weighted by atomic mass is 32.2. The van der Waals surface area contributed by atoms with Crippen molar-refractivity contribution in [2.45, 2.75) is 45.6 Å². The molecule has 1 N–H and O–H groups in total. The average Bonchev–Trinajstić information content (AvgIpc) is 3.20. The van der Waals surface area contributed by atoms with Gasteiger partial charge in [-0.1, -0.05) is 13.8 Å². The monoisotopic (exact) mass is 303 g/mol. The van der Waals surface area contributed by atoms with Gasteiger partial charge in [-0.3, -0.25) is 0 Å². The normalized spacial score (nSPS) is 22.9. The summed E-state index contributed by atoms with van der Waals surface area (Å²) in [7, 11) is -1.56. The van der Waals surface area contributed by atoms with Crippen LogP contribution in [0.3, 0.4) is 0 Å². The van der Waals surface area contributed by atoms with Crippen LogP contribution in [0.2, 0.25) is 0 Å². The fourth-order valence-electron chi connectivity index (χ4n) is 2.77. The molecule has 1 aliphatic heterocycles. The number of nitrogens with one attached hydrogen (secondary N) is 1. The third-order valence-electron chi connectivity index (χ3n) is 4.19. The Labute approximate surface area is 123 Å². The summed E-state index contributed by atoms with van der Waals surface area (Å²) in [6, 6.07) is 0.744. The molecule has 0 amide bonds. The molecule has 0 spiro atoms. The summed E-state index contributed by atoms with van der Waals surface area (Å²) in [4.78, 5) is 0. The second kappa shape index (κ2) is 6.73. The predicted octanol–water partition coefficient (Wildman–Crippen LogP) is 1.28. The first-order valence-electron chi connectivity index (χ1n) is 7.84. The minimum atomic E-state index is -3.25. The van der Waals surface area contributed by atoms with Crippen molar-refractivity contribution in [3.8, 4) is 0 Å². The maximum absolute atomic E-state index is 12.4. The summed E-state index contributed by atoms with van der Waals surface area (Å²) >= 11 is 0. The predicted molar refractivity (Wildman–Crippen MR) is 81.7 cm³/mol. The first kappa shape index (κ1) is 16.2. The van der Waals surface area contributed by atoms with Crippen LogP contribution in [-0.4, -0.2) is 56.3 Å². The van der Waals surface area contributed by atoms with Gasteiger partial charge < -0.3 is 5.32 Å². The van der Waals surface area contributed by atoms with Gasteiger partial charge in [0.15, 0.2) is 0 Å². The molecule has 5 nitrogen and oxygen atoms in total. The second-order valence-corrected chi connectivity index (χ2v) is 8.74. The van der Waals surface area contributed by atoms with Crippen LogP contribution in [0, 0.1) is 11.8 Å². The van der Waals surface area contributed by atoms with Crippen LogP contribution in [0.5, 0.6) is 0 Å². The summed E-state index contributed by atoms with van der Waals surface area (Å²) in [5.41, 5.74) is 0. The summed E-state index contributed by atoms with van der Waals surface area (Å²) in [5, 5.41) is 3.55. The van der Waals surface area contributed by atoms with E-state index in [9.17, 15) is 8.42 Å². The molecule has 0 aromatic carbocycles. The number of rotatable bonds is 7. The van der Waals surface area contributed by atoms with Gasteiger partial charge >= 0.3 is 0 Å². The Morgan fingerprint density at radius 2 is 1.80 bits per heavy atom. The molecular formula is C14H29N3O2S. The van der Waals surface area contributed by atoms with E-state index in [1.165, 1.54) is 17.1 Å². The van der Waals surface area contributed by atoms with Gasteiger partial charge in [0.1, 0.15) is 0 Å². The lowest BCUT2D eigenvalue weighted by Gasteiger charge is -2.34. The SMILES string of the molecule is CC(C)CN(C)S(=O)(=O)N1CCC(CNC2CC2)CC1. The zero-order valence-corrected chi connectivity index (χ0v) is 13.8. The van der Waals surface area contributed by atoms with Gasteiger partial charge in [-0.05, 0) is 44.1 Å². The van der Waals surface area contributed by atoms with Gasteiger partial charge in [-0.25, -0.2) is 0 Å². The fraction of sp³-hybridized carbons (Fsp3) is 1.00. The van der Waals surface area contributed by atoms with Crippen molar-refractivity contribution in [3.05, 3.63) is 0 Å². The molecule has 118 valence electrons. The maximum atomic E-state index is 12.4. The Kier molecular flexibility index (Phi) is 5.45. The molecule has 6 heteroatoms. The first-order chi connectivity index (χ1) is 9.39. The minimum Gasteiger partial charge on any atom is -0.314 e. The summed E-state index contributed by atoms with van der Waals surface area (Å²) < 4.78 is 28.0. The van der Waals surface area contributed by atoms with Crippen molar-refractivity contribution >= 4 is 10.2 Å². The zero-order valence-electron chi connectivity index (χ0n) is 13.0. The van der Waals surface area contributed by atoms with Gasteiger partial charge in [0.2, 0.25) is 0 Å². The van der Waals surface area contributed by atoms with Crippen molar-refractivity contribution < 1.29 is 8.42 Å². The summed E-state index contributed by atoms with van der Waals surface area (Å²) in [5.74, 6) is 0.993. The Hall–Kier alpha value is -0.170. The minimum absolute atomic E-state index is 0.357. The molecule has 0 atom stereocenters. The molecule has 1 aliphatic carbocycles. The van der Waals surface area contributed by atoms with Crippen LogP contribution < -0.4 is 5.32 Å². The van der Waals surface area contributed by atoms with Crippen LogP contribution in [0.15, 0.2) is 0 Å². The maximum Gasteiger partial charge on any atom is 0.281 e. The van der Waals surface area contributed by atoms with Gasteiger partial charge in [0.05, 0.1) is 0 Å². The molecule has 2 aliphatic rings. The number of piperidine rings is 1. The van der Waals surface area contributed by atoms with Gasteiger partial charge in [-0.15, -0.1) is 0 Å². The van der Waals surface area contributed by atoms with E-state index in [0.717, 1.165) is 25.4 Å². The van der Waals surface area contributed by atoms with E-state index in [1.807, 2.05) is 13.8 Å². The van der Waals surface area contributed by atoms with Crippen molar-refractivity contribution in [1.82, 2.24) is 13.9 Å². The summed E-state index contributed by atoms with van der Waals surface area (Å²) in [6.07, 6.45) is 4.59. The second-order valence-electron chi connectivity index (χ2n) is 6.71. The van der Waals surface area contributed by atoms with Crippen LogP contribution in [0.1, 0.15) is 39.5 Å². The molecule has 0 bridgehead atoms. The molecule has 0 aromatic rings. The van der Waals surface area contributed by atoms with E-state index in [0.29, 0.717) is 31.5 Å². The Balaban J connectivity index is 1.79. The van der Waals surface area contributed by atoms with Crippen LogP contribution >= 0.6 is 0 Å². The lowest BCUT2D eigenvalue weighted by atomic mass is 9.98. The van der Waals surface area contributed by atoms with Crippen LogP contribution in [0.25, 0.3) is 0 Å². The quantitative estimate of drug-likeness (QED) is 0.771. The molecule has 1 heterocycles. The molecule has 2 fully saturated rings. The lowest BCUT2D eigenvalue weighted by Crippen LogP contribution is -2.47. The molecule has 1 saturated carbocycles. The van der Waals surface area contributed by atoms with Gasteiger partial charge in [0, 0.05) is 32.7 Å². The third kappa shape index (κ3) is 4.41. The van der Waals surface area contributed by atoms with Crippen LogP contribution in [0.4, 0.5) is 0 Å². The molecule has 0 unspecified atom stereocenters. The van der Waals surface area contributed by atoms with Gasteiger partial charge in [0.25, 0.3) is 10.2 Å². The average molecular weight is 303 g/mol. The molecule has 20 heavy (non-hydrogen) atoms. The van der Waals surface area contributed by atoms with Gasteiger partial charge in [-0.2, -0.15) is 17.0 Å². The Morgan fingerprint density at radius 1 is 1.20 bits per heavy atom. The van der Waals surface area contributed by atoms with E-state index < -0.39 is 10.2 Å². The number of nitrogens with zero attached hydrogens (tertiary/aromatic N) is 2. The highest BCUT2D eigenvalue weighted by molar-refractivity contribution is 7.86. The van der Waals surface area contributed by atoms with Crippen molar-refractivity contribution in [2.24, 2.45) is 11.8 Å². The molecule has 1 saturated heterocycles. The number of hydrogen-bond acceptors (Lipinski definition) is 3. The Bertz CT molecular complexity index is 399. The van der Waals surface area contributed by atoms with Crippen LogP contribution in [-0.2, 0) is 10.2 Å². The standard InChI is InChI=1S/C14H29N3O2S/c1-12(2)11-16(3)20(18,19)17-8-6-13(7-9-17)10-15-14-4-5-14/h12-15H,4-11H2,1-3H3. The third-order valence-corrected chi connectivity index (χ3v) is 6.14. The largest absolute Gasteiger partial charge is 0.314 e. The van der Waals surface area contributed by atoms with E-state index in [2.05, 4.69) is 5.32 Å². The Morgan fingerprint density at radius 3 is 2.30 bits per heavy atom. The highest BCUT2D eigenvalue weighted by Crippen LogP contribution is 2.23. The highest BCUT2D eigenvalue weighted by Gasteiger charge is 2.31. The van der Waals surface area contributed by atoms with E-state index >= 15 is 0 Å². The molecular weight excluding hydrogens is 274 g/mol. The van der Waals surface area contributed by atoms with E-state index in [-0.39, 0.29) is 0 Å². The topological polar surface area (TPSA) is 52.7 Å². The first-order valence-corrected chi connectivity index (χ1v) is 9.24. The van der Waals surface area contributed by atoms with Crippen molar-refractivity contribution in [2.75, 3.05) is 33.2 Å². The van der Waals surface area contributed by atoms with Crippen molar-refractivity contribution in [1.29, 1.82) is 0 Å². The van der Waals surface area contributed by atoms with E-state index in [1.54, 1.807) is 11.4 Å². The molecule has 0 aromatic heterocycles. The molecule has 2 rings (SSSR count). The lowest BCUT2D eigenvalue weighted by molar-refractivity contribution is 0.250. The fourth-order valence-corrected chi connectivity index (χ4v) is 4.32.